The van der Waals surface area contributed by atoms with Gasteiger partial charge in [-0.1, -0.05) is 0 Å². The van der Waals surface area contributed by atoms with Crippen molar-refractivity contribution in [2.75, 3.05) is 46.4 Å². The number of rotatable bonds is 6. The molecule has 2 amide bonds. The standard InChI is InChI=1S/C15H25N3O2S/c1-13(14-4-11-21-12-14)17-6-8-18(9-7-17)15(19)16-5-3-10-20-2/h4,11-13H,3,5-10H2,1-2H3,(H,16,19). The van der Waals surface area contributed by atoms with Crippen molar-refractivity contribution < 1.29 is 9.53 Å². The zero-order valence-corrected chi connectivity index (χ0v) is 13.7. The molecule has 1 aliphatic heterocycles. The molecule has 1 unspecified atom stereocenters. The first-order chi connectivity index (χ1) is 10.2. The van der Waals surface area contributed by atoms with Gasteiger partial charge in [-0.25, -0.2) is 4.79 Å². The lowest BCUT2D eigenvalue weighted by atomic mass is 10.1. The Morgan fingerprint density at radius 1 is 1.43 bits per heavy atom. The minimum atomic E-state index is 0.0499. The Morgan fingerprint density at radius 2 is 2.19 bits per heavy atom. The molecule has 5 nitrogen and oxygen atoms in total. The first-order valence-corrected chi connectivity index (χ1v) is 8.44. The Morgan fingerprint density at radius 3 is 2.81 bits per heavy atom. The van der Waals surface area contributed by atoms with E-state index in [9.17, 15) is 4.79 Å². The number of hydrogen-bond acceptors (Lipinski definition) is 4. The largest absolute Gasteiger partial charge is 0.385 e. The molecule has 6 heteroatoms. The Kier molecular flexibility index (Phi) is 6.48. The number of hydrogen-bond donors (Lipinski definition) is 1. The summed E-state index contributed by atoms with van der Waals surface area (Å²) in [6, 6.07) is 2.67. The summed E-state index contributed by atoms with van der Waals surface area (Å²) in [4.78, 5) is 16.4. The van der Waals surface area contributed by atoms with E-state index in [4.69, 9.17) is 4.74 Å². The fourth-order valence-electron chi connectivity index (χ4n) is 2.56. The second-order valence-electron chi connectivity index (χ2n) is 5.33. The molecule has 2 rings (SSSR count). The summed E-state index contributed by atoms with van der Waals surface area (Å²) >= 11 is 1.74. The van der Waals surface area contributed by atoms with E-state index in [0.717, 1.165) is 32.6 Å². The Balaban J connectivity index is 1.71. The number of carbonyl (C=O) groups excluding carboxylic acids is 1. The van der Waals surface area contributed by atoms with Crippen molar-refractivity contribution in [1.29, 1.82) is 0 Å². The number of methoxy groups -OCH3 is 1. The van der Waals surface area contributed by atoms with Crippen molar-refractivity contribution in [2.45, 2.75) is 19.4 Å². The molecule has 0 aliphatic carbocycles. The zero-order valence-electron chi connectivity index (χ0n) is 12.9. The van der Waals surface area contributed by atoms with Gasteiger partial charge < -0.3 is 15.0 Å². The maximum atomic E-state index is 12.0. The average Bonchev–Trinajstić information content (AvgIpc) is 3.05. The van der Waals surface area contributed by atoms with E-state index < -0.39 is 0 Å². The van der Waals surface area contributed by atoms with E-state index in [0.29, 0.717) is 19.2 Å². The van der Waals surface area contributed by atoms with Crippen LogP contribution in [0.2, 0.25) is 0 Å². The summed E-state index contributed by atoms with van der Waals surface area (Å²) in [6.07, 6.45) is 0.859. The molecule has 2 heterocycles. The molecular formula is C15H25N3O2S. The fraction of sp³-hybridized carbons (Fsp3) is 0.667. The molecule has 1 aromatic rings. The van der Waals surface area contributed by atoms with Crippen LogP contribution < -0.4 is 5.32 Å². The van der Waals surface area contributed by atoms with Gasteiger partial charge >= 0.3 is 6.03 Å². The van der Waals surface area contributed by atoms with Crippen LogP contribution in [0.25, 0.3) is 0 Å². The topological polar surface area (TPSA) is 44.8 Å². The number of urea groups is 1. The highest BCUT2D eigenvalue weighted by atomic mass is 32.1. The number of carbonyl (C=O) groups is 1. The van der Waals surface area contributed by atoms with E-state index in [-0.39, 0.29) is 6.03 Å². The van der Waals surface area contributed by atoms with Crippen LogP contribution in [-0.4, -0.2) is 62.3 Å². The summed E-state index contributed by atoms with van der Waals surface area (Å²) in [7, 11) is 1.68. The predicted molar refractivity (Wildman–Crippen MR) is 85.8 cm³/mol. The minimum Gasteiger partial charge on any atom is -0.385 e. The van der Waals surface area contributed by atoms with Gasteiger partial charge in [0.15, 0.2) is 0 Å². The van der Waals surface area contributed by atoms with E-state index in [1.807, 2.05) is 4.90 Å². The van der Waals surface area contributed by atoms with E-state index in [1.165, 1.54) is 5.56 Å². The monoisotopic (exact) mass is 311 g/mol. The number of amides is 2. The Bertz CT molecular complexity index is 417. The third-order valence-corrected chi connectivity index (χ3v) is 4.68. The highest BCUT2D eigenvalue weighted by Crippen LogP contribution is 2.23. The number of piperazine rings is 1. The molecule has 0 aromatic carbocycles. The van der Waals surface area contributed by atoms with Gasteiger partial charge in [-0.15, -0.1) is 0 Å². The van der Waals surface area contributed by atoms with Gasteiger partial charge in [0.2, 0.25) is 0 Å². The SMILES string of the molecule is COCCCNC(=O)N1CCN(C(C)c2ccsc2)CC1. The molecule has 0 spiro atoms. The molecular weight excluding hydrogens is 286 g/mol. The highest BCUT2D eigenvalue weighted by Gasteiger charge is 2.24. The molecule has 1 aliphatic rings. The Labute approximate surface area is 130 Å². The van der Waals surface area contributed by atoms with Gasteiger partial charge in [-0.3, -0.25) is 4.90 Å². The minimum absolute atomic E-state index is 0.0499. The molecule has 1 aromatic heterocycles. The quantitative estimate of drug-likeness (QED) is 0.819. The molecule has 1 N–H and O–H groups in total. The molecule has 1 saturated heterocycles. The first-order valence-electron chi connectivity index (χ1n) is 7.50. The van der Waals surface area contributed by atoms with Crippen LogP contribution in [-0.2, 0) is 4.74 Å². The summed E-state index contributed by atoms with van der Waals surface area (Å²) in [5.74, 6) is 0. The van der Waals surface area contributed by atoms with E-state index in [1.54, 1.807) is 18.4 Å². The summed E-state index contributed by atoms with van der Waals surface area (Å²) < 4.78 is 4.97. The third-order valence-electron chi connectivity index (χ3n) is 3.98. The number of nitrogens with zero attached hydrogens (tertiary/aromatic N) is 2. The smallest absolute Gasteiger partial charge is 0.317 e. The number of nitrogens with one attached hydrogen (secondary N) is 1. The van der Waals surface area contributed by atoms with Crippen LogP contribution >= 0.6 is 11.3 Å². The maximum Gasteiger partial charge on any atom is 0.317 e. The van der Waals surface area contributed by atoms with Gasteiger partial charge in [0.1, 0.15) is 0 Å². The highest BCUT2D eigenvalue weighted by molar-refractivity contribution is 7.07. The summed E-state index contributed by atoms with van der Waals surface area (Å²) in [5.41, 5.74) is 1.37. The fourth-order valence-corrected chi connectivity index (χ4v) is 3.31. The Hall–Kier alpha value is -1.11. The maximum absolute atomic E-state index is 12.0. The molecule has 0 radical (unpaired) electrons. The van der Waals surface area contributed by atoms with Gasteiger partial charge in [-0.05, 0) is 35.7 Å². The number of ether oxygens (including phenoxy) is 1. The van der Waals surface area contributed by atoms with Crippen LogP contribution in [0.1, 0.15) is 24.9 Å². The lowest BCUT2D eigenvalue weighted by molar-refractivity contribution is 0.113. The molecule has 118 valence electrons. The van der Waals surface area contributed by atoms with Crippen molar-refractivity contribution >= 4 is 17.4 Å². The normalized spacial score (nSPS) is 17.7. The summed E-state index contributed by atoms with van der Waals surface area (Å²) in [6.45, 7) is 7.06. The van der Waals surface area contributed by atoms with Gasteiger partial charge in [0.25, 0.3) is 0 Å². The summed E-state index contributed by atoms with van der Waals surface area (Å²) in [5, 5.41) is 7.28. The van der Waals surface area contributed by atoms with Crippen molar-refractivity contribution in [3.63, 3.8) is 0 Å². The number of thiophene rings is 1. The molecule has 1 atom stereocenters. The molecule has 0 saturated carbocycles. The molecule has 1 fully saturated rings. The average molecular weight is 311 g/mol. The van der Waals surface area contributed by atoms with Gasteiger partial charge in [-0.2, -0.15) is 11.3 Å². The first kappa shape index (κ1) is 16.3. The van der Waals surface area contributed by atoms with Crippen molar-refractivity contribution in [1.82, 2.24) is 15.1 Å². The lowest BCUT2D eigenvalue weighted by Gasteiger charge is -2.37. The predicted octanol–water partition coefficient (Wildman–Crippen LogP) is 2.17. The zero-order chi connectivity index (χ0) is 15.1. The lowest BCUT2D eigenvalue weighted by Crippen LogP contribution is -2.52. The van der Waals surface area contributed by atoms with E-state index in [2.05, 4.69) is 34.0 Å². The third kappa shape index (κ3) is 4.69. The molecule has 21 heavy (non-hydrogen) atoms. The second-order valence-corrected chi connectivity index (χ2v) is 6.11. The van der Waals surface area contributed by atoms with Crippen LogP contribution in [0.5, 0.6) is 0 Å². The van der Waals surface area contributed by atoms with Crippen LogP contribution in [0.4, 0.5) is 4.79 Å². The van der Waals surface area contributed by atoms with Crippen LogP contribution in [0.3, 0.4) is 0 Å². The van der Waals surface area contributed by atoms with Crippen molar-refractivity contribution in [2.24, 2.45) is 0 Å². The van der Waals surface area contributed by atoms with Crippen LogP contribution in [0.15, 0.2) is 16.8 Å². The van der Waals surface area contributed by atoms with Crippen molar-refractivity contribution in [3.8, 4) is 0 Å². The van der Waals surface area contributed by atoms with Gasteiger partial charge in [0.05, 0.1) is 0 Å². The molecule has 0 bridgehead atoms. The van der Waals surface area contributed by atoms with Crippen molar-refractivity contribution in [3.05, 3.63) is 22.4 Å². The van der Waals surface area contributed by atoms with Gasteiger partial charge in [0, 0.05) is 52.5 Å². The van der Waals surface area contributed by atoms with Crippen LogP contribution in [0, 0.1) is 0 Å². The second kappa shape index (κ2) is 8.36. The van der Waals surface area contributed by atoms with E-state index >= 15 is 0 Å².